The van der Waals surface area contributed by atoms with Crippen LogP contribution in [-0.2, 0) is 9.59 Å². The number of piperazine rings is 1. The first kappa shape index (κ1) is 14.5. The van der Waals surface area contributed by atoms with Crippen molar-refractivity contribution in [2.24, 2.45) is 5.73 Å². The number of carbonyl (C=O) groups excluding carboxylic acids is 2. The summed E-state index contributed by atoms with van der Waals surface area (Å²) in [5.41, 5.74) is 6.54. The molecule has 1 heterocycles. The van der Waals surface area contributed by atoms with Crippen LogP contribution in [0, 0.1) is 0 Å². The van der Waals surface area contributed by atoms with E-state index in [4.69, 9.17) is 5.73 Å². The SMILES string of the molecule is CC(N)CCC(=O)N1CCNC(=O)C1c1ccccc1. The highest BCUT2D eigenvalue weighted by molar-refractivity contribution is 5.89. The van der Waals surface area contributed by atoms with E-state index in [0.29, 0.717) is 25.9 Å². The maximum absolute atomic E-state index is 12.3. The lowest BCUT2D eigenvalue weighted by molar-refractivity contribution is -0.143. The molecule has 3 N–H and O–H groups in total. The fourth-order valence-electron chi connectivity index (χ4n) is 2.40. The number of benzene rings is 1. The second kappa shape index (κ2) is 6.52. The molecule has 0 aliphatic carbocycles. The van der Waals surface area contributed by atoms with Crippen molar-refractivity contribution in [2.75, 3.05) is 13.1 Å². The summed E-state index contributed by atoms with van der Waals surface area (Å²) in [5, 5.41) is 2.82. The molecule has 2 rings (SSSR count). The van der Waals surface area contributed by atoms with Gasteiger partial charge in [-0.2, -0.15) is 0 Å². The molecule has 20 heavy (non-hydrogen) atoms. The molecule has 1 aromatic rings. The van der Waals surface area contributed by atoms with Gasteiger partial charge < -0.3 is 16.0 Å². The van der Waals surface area contributed by atoms with Gasteiger partial charge in [0.15, 0.2) is 0 Å². The number of rotatable bonds is 4. The van der Waals surface area contributed by atoms with Crippen molar-refractivity contribution in [1.29, 1.82) is 0 Å². The molecule has 1 aliphatic rings. The van der Waals surface area contributed by atoms with Crippen molar-refractivity contribution in [2.45, 2.75) is 31.8 Å². The van der Waals surface area contributed by atoms with Crippen LogP contribution in [0.1, 0.15) is 31.4 Å². The summed E-state index contributed by atoms with van der Waals surface area (Å²) < 4.78 is 0. The smallest absolute Gasteiger partial charge is 0.247 e. The molecule has 2 amide bonds. The Labute approximate surface area is 119 Å². The normalized spacial score (nSPS) is 20.4. The first-order valence-electron chi connectivity index (χ1n) is 6.97. The van der Waals surface area contributed by atoms with Crippen LogP contribution in [0.2, 0.25) is 0 Å². The molecule has 2 unspecified atom stereocenters. The molecule has 5 nitrogen and oxygen atoms in total. The highest BCUT2D eigenvalue weighted by Crippen LogP contribution is 2.24. The van der Waals surface area contributed by atoms with Crippen LogP contribution in [0.25, 0.3) is 0 Å². The number of carbonyl (C=O) groups is 2. The molecule has 1 aromatic carbocycles. The molecule has 1 aliphatic heterocycles. The predicted molar refractivity (Wildman–Crippen MR) is 76.8 cm³/mol. The summed E-state index contributed by atoms with van der Waals surface area (Å²) in [6, 6.07) is 8.87. The predicted octanol–water partition coefficient (Wildman–Crippen LogP) is 0.814. The van der Waals surface area contributed by atoms with Gasteiger partial charge in [0.05, 0.1) is 0 Å². The molecule has 0 spiro atoms. The molecule has 2 atom stereocenters. The quantitative estimate of drug-likeness (QED) is 0.854. The Bertz CT molecular complexity index is 473. The van der Waals surface area contributed by atoms with Gasteiger partial charge in [-0.05, 0) is 18.9 Å². The lowest BCUT2D eigenvalue weighted by Gasteiger charge is -2.35. The van der Waals surface area contributed by atoms with Crippen molar-refractivity contribution in [3.63, 3.8) is 0 Å². The Balaban J connectivity index is 2.16. The summed E-state index contributed by atoms with van der Waals surface area (Å²) in [5.74, 6) is -0.123. The van der Waals surface area contributed by atoms with Crippen LogP contribution in [0.15, 0.2) is 30.3 Å². The second-order valence-electron chi connectivity index (χ2n) is 5.21. The first-order valence-corrected chi connectivity index (χ1v) is 6.97. The molecular weight excluding hydrogens is 254 g/mol. The Hall–Kier alpha value is -1.88. The van der Waals surface area contributed by atoms with Crippen molar-refractivity contribution < 1.29 is 9.59 Å². The summed E-state index contributed by atoms with van der Waals surface area (Å²) >= 11 is 0. The van der Waals surface area contributed by atoms with E-state index in [1.807, 2.05) is 37.3 Å². The molecule has 5 heteroatoms. The second-order valence-corrected chi connectivity index (χ2v) is 5.21. The molecule has 1 fully saturated rings. The number of nitrogens with two attached hydrogens (primary N) is 1. The molecule has 1 saturated heterocycles. The average molecular weight is 275 g/mol. The number of amides is 2. The van der Waals surface area contributed by atoms with Gasteiger partial charge in [0.25, 0.3) is 0 Å². The summed E-state index contributed by atoms with van der Waals surface area (Å²) in [6.45, 7) is 2.93. The van der Waals surface area contributed by atoms with Crippen LogP contribution >= 0.6 is 0 Å². The van der Waals surface area contributed by atoms with Gasteiger partial charge in [-0.25, -0.2) is 0 Å². The highest BCUT2D eigenvalue weighted by atomic mass is 16.2. The largest absolute Gasteiger partial charge is 0.352 e. The topological polar surface area (TPSA) is 75.4 Å². The fourth-order valence-corrected chi connectivity index (χ4v) is 2.40. The maximum Gasteiger partial charge on any atom is 0.247 e. The summed E-state index contributed by atoms with van der Waals surface area (Å²) in [4.78, 5) is 26.1. The Morgan fingerprint density at radius 3 is 2.80 bits per heavy atom. The van der Waals surface area contributed by atoms with Gasteiger partial charge in [-0.3, -0.25) is 9.59 Å². The van der Waals surface area contributed by atoms with Crippen LogP contribution in [0.3, 0.4) is 0 Å². The standard InChI is InChI=1S/C15H21N3O2/c1-11(16)7-8-13(19)18-10-9-17-15(20)14(18)12-5-3-2-4-6-12/h2-6,11,14H,7-10,16H2,1H3,(H,17,20). The fraction of sp³-hybridized carbons (Fsp3) is 0.467. The van der Waals surface area contributed by atoms with Crippen LogP contribution in [0.5, 0.6) is 0 Å². The minimum Gasteiger partial charge on any atom is -0.352 e. The van der Waals surface area contributed by atoms with Crippen molar-refractivity contribution in [3.8, 4) is 0 Å². The Morgan fingerprint density at radius 1 is 1.45 bits per heavy atom. The lowest BCUT2D eigenvalue weighted by Crippen LogP contribution is -2.52. The van der Waals surface area contributed by atoms with E-state index in [-0.39, 0.29) is 17.9 Å². The van der Waals surface area contributed by atoms with Crippen LogP contribution < -0.4 is 11.1 Å². The molecule has 0 aromatic heterocycles. The van der Waals surface area contributed by atoms with E-state index in [0.717, 1.165) is 5.56 Å². The molecule has 108 valence electrons. The summed E-state index contributed by atoms with van der Waals surface area (Å²) in [6.07, 6.45) is 1.02. The van der Waals surface area contributed by atoms with Crippen LogP contribution in [0.4, 0.5) is 0 Å². The third kappa shape index (κ3) is 3.36. The van der Waals surface area contributed by atoms with Crippen molar-refractivity contribution in [1.82, 2.24) is 10.2 Å². The van der Waals surface area contributed by atoms with Crippen molar-refractivity contribution >= 4 is 11.8 Å². The van der Waals surface area contributed by atoms with E-state index < -0.39 is 6.04 Å². The number of nitrogens with zero attached hydrogens (tertiary/aromatic N) is 1. The first-order chi connectivity index (χ1) is 9.59. The Morgan fingerprint density at radius 2 is 2.15 bits per heavy atom. The van der Waals surface area contributed by atoms with Gasteiger partial charge in [0.1, 0.15) is 6.04 Å². The van der Waals surface area contributed by atoms with Gasteiger partial charge in [-0.1, -0.05) is 30.3 Å². The molecule has 0 radical (unpaired) electrons. The lowest BCUT2D eigenvalue weighted by atomic mass is 10.0. The number of hydrogen-bond donors (Lipinski definition) is 2. The maximum atomic E-state index is 12.3. The zero-order valence-corrected chi connectivity index (χ0v) is 11.7. The van der Waals surface area contributed by atoms with Crippen molar-refractivity contribution in [3.05, 3.63) is 35.9 Å². The van der Waals surface area contributed by atoms with E-state index in [9.17, 15) is 9.59 Å². The minimum atomic E-state index is -0.523. The number of nitrogens with one attached hydrogen (secondary N) is 1. The minimum absolute atomic E-state index is 0.00672. The van der Waals surface area contributed by atoms with E-state index in [1.165, 1.54) is 0 Å². The summed E-state index contributed by atoms with van der Waals surface area (Å²) in [7, 11) is 0. The van der Waals surface area contributed by atoms with Crippen LogP contribution in [-0.4, -0.2) is 35.8 Å². The third-order valence-electron chi connectivity index (χ3n) is 3.46. The highest BCUT2D eigenvalue weighted by Gasteiger charge is 2.33. The van der Waals surface area contributed by atoms with Gasteiger partial charge in [0.2, 0.25) is 11.8 Å². The Kier molecular flexibility index (Phi) is 4.74. The van der Waals surface area contributed by atoms with E-state index >= 15 is 0 Å². The van der Waals surface area contributed by atoms with Gasteiger partial charge in [-0.15, -0.1) is 0 Å². The molecule has 0 bridgehead atoms. The zero-order chi connectivity index (χ0) is 14.5. The monoisotopic (exact) mass is 275 g/mol. The molecular formula is C15H21N3O2. The zero-order valence-electron chi connectivity index (χ0n) is 11.7. The number of hydrogen-bond acceptors (Lipinski definition) is 3. The molecule has 0 saturated carbocycles. The van der Waals surface area contributed by atoms with E-state index in [1.54, 1.807) is 4.90 Å². The van der Waals surface area contributed by atoms with Gasteiger partial charge >= 0.3 is 0 Å². The third-order valence-corrected chi connectivity index (χ3v) is 3.46. The van der Waals surface area contributed by atoms with Gasteiger partial charge in [0, 0.05) is 25.6 Å². The average Bonchev–Trinajstić information content (AvgIpc) is 2.45. The van der Waals surface area contributed by atoms with E-state index in [2.05, 4.69) is 5.32 Å².